The first kappa shape index (κ1) is 25.4. The molecule has 0 spiro atoms. The Morgan fingerprint density at radius 1 is 0.583 bits per heavy atom. The largest absolute Gasteiger partial charge is 0.302 e. The summed E-state index contributed by atoms with van der Waals surface area (Å²) in [6.07, 6.45) is 5.14. The summed E-state index contributed by atoms with van der Waals surface area (Å²) < 4.78 is 0. The fourth-order valence-electron chi connectivity index (χ4n) is 5.66. The van der Waals surface area contributed by atoms with Gasteiger partial charge in [0.15, 0.2) is 0 Å². The van der Waals surface area contributed by atoms with Crippen LogP contribution in [0.25, 0.3) is 0 Å². The Balaban J connectivity index is 1.70. The highest BCUT2D eigenvalue weighted by atomic mass is 31.2. The molecule has 1 fully saturated rings. The van der Waals surface area contributed by atoms with Gasteiger partial charge in [0.05, 0.1) is 0 Å². The first-order chi connectivity index (χ1) is 17.8. The minimum Gasteiger partial charge on any atom is -0.302 e. The SMILES string of the molecule is CCCCCN1CCC(P(c2ccccc2)c2ccccc2)(P(c2ccccc2)c2ccccc2)C1. The van der Waals surface area contributed by atoms with Gasteiger partial charge >= 0.3 is 0 Å². The van der Waals surface area contributed by atoms with Gasteiger partial charge in [-0.3, -0.25) is 0 Å². The normalized spacial score (nSPS) is 15.5. The molecule has 184 valence electrons. The quantitative estimate of drug-likeness (QED) is 0.167. The summed E-state index contributed by atoms with van der Waals surface area (Å²) in [4.78, 5) is 2.96. The maximum Gasteiger partial charge on any atom is 0.0405 e. The van der Waals surface area contributed by atoms with Crippen molar-refractivity contribution >= 4 is 37.1 Å². The molecule has 1 heterocycles. The highest BCUT2D eigenvalue weighted by Crippen LogP contribution is 2.68. The second-order valence-corrected chi connectivity index (χ2v) is 15.2. The van der Waals surface area contributed by atoms with E-state index in [9.17, 15) is 0 Å². The monoisotopic (exact) mass is 509 g/mol. The van der Waals surface area contributed by atoms with E-state index in [1.54, 1.807) is 0 Å². The van der Waals surface area contributed by atoms with Crippen molar-refractivity contribution in [3.8, 4) is 0 Å². The van der Waals surface area contributed by atoms with E-state index in [0.29, 0.717) is 0 Å². The molecule has 5 rings (SSSR count). The molecule has 1 aliphatic rings. The first-order valence-electron chi connectivity index (χ1n) is 13.3. The van der Waals surface area contributed by atoms with Crippen LogP contribution < -0.4 is 21.2 Å². The van der Waals surface area contributed by atoms with Gasteiger partial charge in [-0.2, -0.15) is 0 Å². The Labute approximate surface area is 220 Å². The van der Waals surface area contributed by atoms with Crippen molar-refractivity contribution in [2.75, 3.05) is 19.6 Å². The number of rotatable bonds is 10. The molecule has 0 saturated carbocycles. The summed E-state index contributed by atoms with van der Waals surface area (Å²) in [5, 5.41) is 6.03. The molecule has 0 unspecified atom stereocenters. The molecular weight excluding hydrogens is 472 g/mol. The lowest BCUT2D eigenvalue weighted by Crippen LogP contribution is -2.41. The average molecular weight is 510 g/mol. The molecule has 1 saturated heterocycles. The van der Waals surface area contributed by atoms with Gasteiger partial charge in [0.1, 0.15) is 0 Å². The van der Waals surface area contributed by atoms with Gasteiger partial charge < -0.3 is 4.90 Å². The molecule has 0 aliphatic carbocycles. The summed E-state index contributed by atoms with van der Waals surface area (Å²) >= 11 is 0. The summed E-state index contributed by atoms with van der Waals surface area (Å²) in [7, 11) is -1.16. The standard InChI is InChI=1S/C33H37NP2/c1-2-3-16-26-34-27-25-33(28-34,35(29-17-8-4-9-18-29)30-19-10-5-11-20-30)36(31-21-12-6-13-22-31)32-23-14-7-15-24-32/h4-15,17-24H,2-3,16,25-28H2,1H3. The molecular formula is C33H37NP2. The summed E-state index contributed by atoms with van der Waals surface area (Å²) in [6.45, 7) is 5.89. The van der Waals surface area contributed by atoms with Gasteiger partial charge in [0.25, 0.3) is 0 Å². The van der Waals surface area contributed by atoms with Crippen LogP contribution in [-0.2, 0) is 0 Å². The molecule has 36 heavy (non-hydrogen) atoms. The van der Waals surface area contributed by atoms with Crippen molar-refractivity contribution < 1.29 is 0 Å². The topological polar surface area (TPSA) is 3.24 Å². The molecule has 1 aliphatic heterocycles. The van der Waals surface area contributed by atoms with E-state index in [-0.39, 0.29) is 4.90 Å². The summed E-state index contributed by atoms with van der Waals surface area (Å²) in [6, 6.07) is 45.7. The Morgan fingerprint density at radius 3 is 1.33 bits per heavy atom. The number of hydrogen-bond acceptors (Lipinski definition) is 1. The van der Waals surface area contributed by atoms with Gasteiger partial charge in [-0.05, 0) is 63.0 Å². The molecule has 0 N–H and O–H groups in total. The van der Waals surface area contributed by atoms with Crippen molar-refractivity contribution in [2.45, 2.75) is 37.5 Å². The zero-order valence-corrected chi connectivity index (χ0v) is 23.1. The molecule has 4 aromatic rings. The zero-order valence-electron chi connectivity index (χ0n) is 21.3. The average Bonchev–Trinajstić information content (AvgIpc) is 3.35. The van der Waals surface area contributed by atoms with Gasteiger partial charge in [0.2, 0.25) is 0 Å². The Kier molecular flexibility index (Phi) is 8.66. The Hall–Kier alpha value is -2.30. The Bertz CT molecular complexity index is 1020. The van der Waals surface area contributed by atoms with Crippen molar-refractivity contribution in [3.05, 3.63) is 121 Å². The molecule has 0 aromatic heterocycles. The predicted octanol–water partition coefficient (Wildman–Crippen LogP) is 6.84. The van der Waals surface area contributed by atoms with E-state index in [1.807, 2.05) is 0 Å². The molecule has 0 bridgehead atoms. The van der Waals surface area contributed by atoms with E-state index in [4.69, 9.17) is 0 Å². The molecule has 0 radical (unpaired) electrons. The Morgan fingerprint density at radius 2 is 0.972 bits per heavy atom. The van der Waals surface area contributed by atoms with Crippen molar-refractivity contribution in [3.63, 3.8) is 0 Å². The van der Waals surface area contributed by atoms with Crippen LogP contribution >= 0.6 is 15.8 Å². The number of nitrogens with zero attached hydrogens (tertiary/aromatic N) is 1. The minimum atomic E-state index is -0.581. The highest BCUT2D eigenvalue weighted by Gasteiger charge is 2.51. The van der Waals surface area contributed by atoms with Crippen LogP contribution in [0.15, 0.2) is 121 Å². The third-order valence-corrected chi connectivity index (χ3v) is 14.1. The zero-order chi connectivity index (χ0) is 24.6. The highest BCUT2D eigenvalue weighted by molar-refractivity contribution is 7.91. The maximum atomic E-state index is 2.79. The van der Waals surface area contributed by atoms with Crippen LogP contribution in [-0.4, -0.2) is 29.4 Å². The van der Waals surface area contributed by atoms with Crippen molar-refractivity contribution in [1.29, 1.82) is 0 Å². The minimum absolute atomic E-state index is 0.169. The first-order valence-corrected chi connectivity index (χ1v) is 16.0. The van der Waals surface area contributed by atoms with Crippen LogP contribution in [0.5, 0.6) is 0 Å². The maximum absolute atomic E-state index is 2.79. The van der Waals surface area contributed by atoms with Crippen LogP contribution in [0, 0.1) is 0 Å². The van der Waals surface area contributed by atoms with Gasteiger partial charge in [-0.1, -0.05) is 141 Å². The van der Waals surface area contributed by atoms with Crippen molar-refractivity contribution in [1.82, 2.24) is 4.90 Å². The number of hydrogen-bond donors (Lipinski definition) is 0. The van der Waals surface area contributed by atoms with Crippen LogP contribution in [0.4, 0.5) is 0 Å². The molecule has 0 amide bonds. The van der Waals surface area contributed by atoms with E-state index >= 15 is 0 Å². The van der Waals surface area contributed by atoms with E-state index in [1.165, 1.54) is 66.5 Å². The van der Waals surface area contributed by atoms with E-state index in [2.05, 4.69) is 133 Å². The van der Waals surface area contributed by atoms with Crippen LogP contribution in [0.3, 0.4) is 0 Å². The fourth-order valence-corrected chi connectivity index (χ4v) is 13.6. The van der Waals surface area contributed by atoms with Crippen LogP contribution in [0.2, 0.25) is 0 Å². The third kappa shape index (κ3) is 5.50. The number of likely N-dealkylation sites (tertiary alicyclic amines) is 1. The number of unbranched alkanes of at least 4 members (excludes halogenated alkanes) is 2. The fraction of sp³-hybridized carbons (Fsp3) is 0.273. The van der Waals surface area contributed by atoms with Gasteiger partial charge in [-0.15, -0.1) is 0 Å². The predicted molar refractivity (Wildman–Crippen MR) is 161 cm³/mol. The summed E-state index contributed by atoms with van der Waals surface area (Å²) in [5.41, 5.74) is 0. The third-order valence-electron chi connectivity index (χ3n) is 7.27. The van der Waals surface area contributed by atoms with E-state index < -0.39 is 15.8 Å². The lowest BCUT2D eigenvalue weighted by atomic mass is 10.2. The van der Waals surface area contributed by atoms with Gasteiger partial charge in [-0.25, -0.2) is 0 Å². The smallest absolute Gasteiger partial charge is 0.0405 e. The van der Waals surface area contributed by atoms with Crippen molar-refractivity contribution in [2.24, 2.45) is 0 Å². The second kappa shape index (κ2) is 12.3. The second-order valence-electron chi connectivity index (χ2n) is 9.73. The molecule has 3 heteroatoms. The van der Waals surface area contributed by atoms with Gasteiger partial charge in [0, 0.05) is 11.4 Å². The number of benzene rings is 4. The lowest BCUT2D eigenvalue weighted by Gasteiger charge is -2.45. The van der Waals surface area contributed by atoms with Crippen LogP contribution in [0.1, 0.15) is 32.6 Å². The van der Waals surface area contributed by atoms with E-state index in [0.717, 1.165) is 0 Å². The summed E-state index contributed by atoms with van der Waals surface area (Å²) in [5.74, 6) is 0. The molecule has 4 aromatic carbocycles. The molecule has 1 nitrogen and oxygen atoms in total. The lowest BCUT2D eigenvalue weighted by molar-refractivity contribution is 0.328. The molecule has 0 atom stereocenters.